The Hall–Kier alpha value is -2.69. The maximum absolute atomic E-state index is 12.9. The highest BCUT2D eigenvalue weighted by Gasteiger charge is 2.27. The van der Waals surface area contributed by atoms with Crippen LogP contribution in [0, 0.1) is 6.92 Å². The Morgan fingerprint density at radius 1 is 1.24 bits per heavy atom. The van der Waals surface area contributed by atoms with Crippen LogP contribution in [0.2, 0.25) is 0 Å². The number of rotatable bonds is 6. The number of pyridine rings is 1. The average molecular weight is 421 g/mol. The first-order valence-corrected chi connectivity index (χ1v) is 10.5. The Bertz CT molecular complexity index is 1060. The van der Waals surface area contributed by atoms with Crippen molar-refractivity contribution < 1.29 is 22.7 Å². The molecule has 10 heteroatoms. The monoisotopic (exact) mass is 421 g/mol. The number of carbonyl (C=O) groups excluding carboxylic acids is 1. The summed E-state index contributed by atoms with van der Waals surface area (Å²) in [5.41, 5.74) is 0.474. The molecule has 0 spiro atoms. The molecule has 1 aromatic carbocycles. The van der Waals surface area contributed by atoms with Gasteiger partial charge in [0.25, 0.3) is 5.56 Å². The predicted octanol–water partition coefficient (Wildman–Crippen LogP) is 0.825. The van der Waals surface area contributed by atoms with E-state index >= 15 is 0 Å². The standard InChI is InChI=1S/C19H23N3O6S/c1-14-4-3-7-21(19(14)24)13-18(23)20-16-12-15(5-6-17(16)27-2)29(25,26)22-8-10-28-11-9-22/h3-7,12H,8-11,13H2,1-2H3,(H,20,23). The summed E-state index contributed by atoms with van der Waals surface area (Å²) in [6, 6.07) is 7.63. The Balaban J connectivity index is 1.84. The Kier molecular flexibility index (Phi) is 6.36. The third kappa shape index (κ3) is 4.66. The molecule has 1 aromatic heterocycles. The van der Waals surface area contributed by atoms with Crippen molar-refractivity contribution in [3.05, 3.63) is 52.4 Å². The zero-order valence-electron chi connectivity index (χ0n) is 16.3. The number of nitrogens with one attached hydrogen (secondary N) is 1. The van der Waals surface area contributed by atoms with Crippen LogP contribution >= 0.6 is 0 Å². The van der Waals surface area contributed by atoms with Gasteiger partial charge in [0.2, 0.25) is 15.9 Å². The number of methoxy groups -OCH3 is 1. The largest absolute Gasteiger partial charge is 0.495 e. The molecule has 156 valence electrons. The molecule has 0 radical (unpaired) electrons. The van der Waals surface area contributed by atoms with Gasteiger partial charge in [-0.2, -0.15) is 4.31 Å². The molecule has 9 nitrogen and oxygen atoms in total. The van der Waals surface area contributed by atoms with Gasteiger partial charge in [0.15, 0.2) is 0 Å². The lowest BCUT2D eigenvalue weighted by atomic mass is 10.3. The number of amides is 1. The number of sulfonamides is 1. The number of anilines is 1. The van der Waals surface area contributed by atoms with Gasteiger partial charge in [-0.15, -0.1) is 0 Å². The van der Waals surface area contributed by atoms with Crippen LogP contribution in [0.15, 0.2) is 46.2 Å². The molecule has 1 saturated heterocycles. The molecule has 3 rings (SSSR count). The third-order valence-electron chi connectivity index (χ3n) is 4.58. The average Bonchev–Trinajstić information content (AvgIpc) is 2.72. The van der Waals surface area contributed by atoms with E-state index in [9.17, 15) is 18.0 Å². The molecule has 0 aliphatic carbocycles. The molecule has 1 fully saturated rings. The lowest BCUT2D eigenvalue weighted by molar-refractivity contribution is -0.116. The zero-order valence-corrected chi connectivity index (χ0v) is 17.1. The molecule has 0 unspecified atom stereocenters. The summed E-state index contributed by atoms with van der Waals surface area (Å²) in [5, 5.41) is 2.64. The van der Waals surface area contributed by atoms with Crippen molar-refractivity contribution >= 4 is 21.6 Å². The highest BCUT2D eigenvalue weighted by Crippen LogP contribution is 2.29. The van der Waals surface area contributed by atoms with E-state index in [0.717, 1.165) is 0 Å². The van der Waals surface area contributed by atoms with Crippen molar-refractivity contribution in [1.82, 2.24) is 8.87 Å². The van der Waals surface area contributed by atoms with Crippen LogP contribution in [-0.4, -0.2) is 56.6 Å². The summed E-state index contributed by atoms with van der Waals surface area (Å²) in [6.45, 7) is 2.68. The van der Waals surface area contributed by atoms with Crippen molar-refractivity contribution in [2.75, 3.05) is 38.7 Å². The quantitative estimate of drug-likeness (QED) is 0.740. The van der Waals surface area contributed by atoms with E-state index in [1.54, 1.807) is 19.1 Å². The second-order valence-corrected chi connectivity index (χ2v) is 8.49. The van der Waals surface area contributed by atoms with Gasteiger partial charge in [0, 0.05) is 24.8 Å². The van der Waals surface area contributed by atoms with Crippen molar-refractivity contribution in [1.29, 1.82) is 0 Å². The second-order valence-electron chi connectivity index (χ2n) is 6.55. The van der Waals surface area contributed by atoms with Gasteiger partial charge in [-0.05, 0) is 31.2 Å². The third-order valence-corrected chi connectivity index (χ3v) is 6.47. The molecule has 2 heterocycles. The topological polar surface area (TPSA) is 107 Å². The smallest absolute Gasteiger partial charge is 0.253 e. The van der Waals surface area contributed by atoms with Gasteiger partial charge in [-0.25, -0.2) is 8.42 Å². The molecule has 1 aliphatic heterocycles. The van der Waals surface area contributed by atoms with Crippen molar-refractivity contribution in [2.24, 2.45) is 0 Å². The first-order valence-electron chi connectivity index (χ1n) is 9.05. The van der Waals surface area contributed by atoms with E-state index < -0.39 is 15.9 Å². The van der Waals surface area contributed by atoms with Crippen LogP contribution in [0.4, 0.5) is 5.69 Å². The van der Waals surface area contributed by atoms with E-state index in [4.69, 9.17) is 9.47 Å². The molecular formula is C19H23N3O6S. The van der Waals surface area contributed by atoms with Crippen LogP contribution < -0.4 is 15.6 Å². The van der Waals surface area contributed by atoms with Gasteiger partial charge in [0.05, 0.1) is 30.9 Å². The fourth-order valence-corrected chi connectivity index (χ4v) is 4.44. The molecule has 2 aromatic rings. The van der Waals surface area contributed by atoms with Crippen LogP contribution in [0.1, 0.15) is 5.56 Å². The lowest BCUT2D eigenvalue weighted by Crippen LogP contribution is -2.40. The maximum atomic E-state index is 12.9. The molecule has 0 saturated carbocycles. The molecular weight excluding hydrogens is 398 g/mol. The fourth-order valence-electron chi connectivity index (χ4n) is 3.01. The van der Waals surface area contributed by atoms with E-state index in [1.165, 1.54) is 40.4 Å². The number of aromatic nitrogens is 1. The second kappa shape index (κ2) is 8.76. The number of benzene rings is 1. The number of ether oxygens (including phenoxy) is 2. The Labute approximate surface area is 168 Å². The van der Waals surface area contributed by atoms with Crippen molar-refractivity contribution in [3.63, 3.8) is 0 Å². The molecule has 0 bridgehead atoms. The van der Waals surface area contributed by atoms with E-state index in [-0.39, 0.29) is 35.8 Å². The van der Waals surface area contributed by atoms with Crippen LogP contribution in [-0.2, 0) is 26.1 Å². The molecule has 1 aliphatic rings. The lowest BCUT2D eigenvalue weighted by Gasteiger charge is -2.26. The summed E-state index contributed by atoms with van der Waals surface area (Å²) >= 11 is 0. The molecule has 29 heavy (non-hydrogen) atoms. The van der Waals surface area contributed by atoms with Gasteiger partial charge in [-0.1, -0.05) is 6.07 Å². The van der Waals surface area contributed by atoms with E-state index in [0.29, 0.717) is 24.5 Å². The number of hydrogen-bond acceptors (Lipinski definition) is 6. The van der Waals surface area contributed by atoms with E-state index in [1.807, 2.05) is 0 Å². The van der Waals surface area contributed by atoms with Gasteiger partial charge >= 0.3 is 0 Å². The van der Waals surface area contributed by atoms with Crippen LogP contribution in [0.3, 0.4) is 0 Å². The number of carbonyl (C=O) groups is 1. The first-order chi connectivity index (χ1) is 13.8. The highest BCUT2D eigenvalue weighted by atomic mass is 32.2. The van der Waals surface area contributed by atoms with Gasteiger partial charge in [0.1, 0.15) is 12.3 Å². The summed E-state index contributed by atoms with van der Waals surface area (Å²) in [7, 11) is -2.30. The predicted molar refractivity (Wildman–Crippen MR) is 107 cm³/mol. The number of aryl methyl sites for hydroxylation is 1. The maximum Gasteiger partial charge on any atom is 0.253 e. The van der Waals surface area contributed by atoms with Crippen LogP contribution in [0.25, 0.3) is 0 Å². The molecule has 1 N–H and O–H groups in total. The minimum atomic E-state index is -3.73. The summed E-state index contributed by atoms with van der Waals surface area (Å²) in [6.07, 6.45) is 1.52. The van der Waals surface area contributed by atoms with Gasteiger partial charge < -0.3 is 19.4 Å². The minimum absolute atomic E-state index is 0.0447. The van der Waals surface area contributed by atoms with Crippen LogP contribution in [0.5, 0.6) is 5.75 Å². The Morgan fingerprint density at radius 2 is 1.97 bits per heavy atom. The van der Waals surface area contributed by atoms with Gasteiger partial charge in [-0.3, -0.25) is 9.59 Å². The Morgan fingerprint density at radius 3 is 2.66 bits per heavy atom. The minimum Gasteiger partial charge on any atom is -0.495 e. The summed E-state index contributed by atoms with van der Waals surface area (Å²) in [5.74, 6) is -0.159. The molecule has 1 amide bonds. The fraction of sp³-hybridized carbons (Fsp3) is 0.368. The SMILES string of the molecule is COc1ccc(S(=O)(=O)N2CCOCC2)cc1NC(=O)Cn1cccc(C)c1=O. The van der Waals surface area contributed by atoms with Crippen molar-refractivity contribution in [3.8, 4) is 5.75 Å². The number of morpholine rings is 1. The van der Waals surface area contributed by atoms with E-state index in [2.05, 4.69) is 5.32 Å². The summed E-state index contributed by atoms with van der Waals surface area (Å²) in [4.78, 5) is 24.6. The first kappa shape index (κ1) is 21.0. The normalized spacial score (nSPS) is 15.1. The zero-order chi connectivity index (χ0) is 21.0. The summed E-state index contributed by atoms with van der Waals surface area (Å²) < 4.78 is 38.8. The molecule has 0 atom stereocenters. The van der Waals surface area contributed by atoms with Crippen molar-refractivity contribution in [2.45, 2.75) is 18.4 Å². The highest BCUT2D eigenvalue weighted by molar-refractivity contribution is 7.89. The number of hydrogen-bond donors (Lipinski definition) is 1. The number of nitrogens with zero attached hydrogens (tertiary/aromatic N) is 2.